The Morgan fingerprint density at radius 2 is 1.81 bits per heavy atom. The normalized spacial score (nSPS) is 13.7. The van der Waals surface area contributed by atoms with Gasteiger partial charge in [-0.05, 0) is 42.8 Å². The van der Waals surface area contributed by atoms with Crippen molar-refractivity contribution < 1.29 is 18.9 Å². The molecule has 0 spiro atoms. The van der Waals surface area contributed by atoms with Crippen LogP contribution in [0.1, 0.15) is 23.2 Å². The largest absolute Gasteiger partial charge is 0.324 e. The number of non-ortho nitro benzene ring substituents is 1. The fourth-order valence-corrected chi connectivity index (χ4v) is 2.79. The van der Waals surface area contributed by atoms with Crippen molar-refractivity contribution in [2.24, 2.45) is 0 Å². The van der Waals surface area contributed by atoms with Crippen molar-refractivity contribution in [1.82, 2.24) is 4.90 Å². The van der Waals surface area contributed by atoms with Gasteiger partial charge in [-0.3, -0.25) is 24.6 Å². The molecule has 0 bridgehead atoms. The van der Waals surface area contributed by atoms with Gasteiger partial charge in [-0.25, -0.2) is 4.39 Å². The lowest BCUT2D eigenvalue weighted by molar-refractivity contribution is -0.384. The second kappa shape index (κ2) is 7.30. The first kappa shape index (κ1) is 17.5. The van der Waals surface area contributed by atoms with Gasteiger partial charge in [-0.2, -0.15) is 0 Å². The Hall–Kier alpha value is -3.29. The molecule has 26 heavy (non-hydrogen) atoms. The zero-order valence-electron chi connectivity index (χ0n) is 13.8. The first-order chi connectivity index (χ1) is 12.5. The maximum atomic E-state index is 13.2. The Labute approximate surface area is 148 Å². The van der Waals surface area contributed by atoms with Gasteiger partial charge in [0.2, 0.25) is 5.91 Å². The van der Waals surface area contributed by atoms with Gasteiger partial charge in [0, 0.05) is 36.3 Å². The molecule has 1 heterocycles. The van der Waals surface area contributed by atoms with Crippen LogP contribution in [-0.4, -0.2) is 34.9 Å². The molecule has 0 radical (unpaired) electrons. The van der Waals surface area contributed by atoms with Crippen LogP contribution < -0.4 is 4.90 Å². The lowest BCUT2D eigenvalue weighted by Gasteiger charge is -2.28. The SMILES string of the molecule is O=C1CCCN1CN(C(=O)c1ccc([N+](=O)[O-])cc1)c1ccc(F)cc1. The molecule has 1 aliphatic rings. The number of amides is 2. The van der Waals surface area contributed by atoms with Crippen LogP contribution in [0.15, 0.2) is 48.5 Å². The second-order valence-corrected chi connectivity index (χ2v) is 5.92. The van der Waals surface area contributed by atoms with E-state index >= 15 is 0 Å². The van der Waals surface area contributed by atoms with E-state index in [0.29, 0.717) is 18.7 Å². The number of nitro benzene ring substituents is 1. The van der Waals surface area contributed by atoms with Crippen molar-refractivity contribution in [2.45, 2.75) is 12.8 Å². The third-order valence-electron chi connectivity index (χ3n) is 4.19. The Morgan fingerprint density at radius 1 is 1.15 bits per heavy atom. The number of carbonyl (C=O) groups is 2. The fourth-order valence-electron chi connectivity index (χ4n) is 2.79. The topological polar surface area (TPSA) is 83.8 Å². The molecular formula is C18H16FN3O4. The predicted molar refractivity (Wildman–Crippen MR) is 92.1 cm³/mol. The molecular weight excluding hydrogens is 341 g/mol. The minimum Gasteiger partial charge on any atom is -0.324 e. The van der Waals surface area contributed by atoms with E-state index in [0.717, 1.165) is 6.42 Å². The van der Waals surface area contributed by atoms with Crippen LogP contribution in [0, 0.1) is 15.9 Å². The molecule has 2 aromatic carbocycles. The van der Waals surface area contributed by atoms with Gasteiger partial charge in [0.1, 0.15) is 12.5 Å². The fraction of sp³-hybridized carbons (Fsp3) is 0.222. The number of nitro groups is 1. The van der Waals surface area contributed by atoms with E-state index in [1.165, 1.54) is 53.4 Å². The Morgan fingerprint density at radius 3 is 2.35 bits per heavy atom. The summed E-state index contributed by atoms with van der Waals surface area (Å²) in [4.78, 5) is 38.0. The predicted octanol–water partition coefficient (Wildman–Crippen LogP) is 2.96. The van der Waals surface area contributed by atoms with Crippen molar-refractivity contribution in [2.75, 3.05) is 18.1 Å². The van der Waals surface area contributed by atoms with Crippen LogP contribution >= 0.6 is 0 Å². The maximum Gasteiger partial charge on any atom is 0.269 e. The number of hydrogen-bond acceptors (Lipinski definition) is 4. The maximum absolute atomic E-state index is 13.2. The van der Waals surface area contributed by atoms with Crippen LogP contribution in [0.2, 0.25) is 0 Å². The highest BCUT2D eigenvalue weighted by atomic mass is 19.1. The van der Waals surface area contributed by atoms with Gasteiger partial charge in [0.05, 0.1) is 4.92 Å². The average molecular weight is 357 g/mol. The first-order valence-corrected chi connectivity index (χ1v) is 8.05. The third kappa shape index (κ3) is 3.69. The highest BCUT2D eigenvalue weighted by Gasteiger charge is 2.26. The van der Waals surface area contributed by atoms with Crippen LogP contribution in [0.4, 0.5) is 15.8 Å². The number of benzene rings is 2. The van der Waals surface area contributed by atoms with Gasteiger partial charge in [-0.1, -0.05) is 0 Å². The number of hydrogen-bond donors (Lipinski definition) is 0. The molecule has 0 aliphatic carbocycles. The van der Waals surface area contributed by atoms with Gasteiger partial charge >= 0.3 is 0 Å². The van der Waals surface area contributed by atoms with E-state index in [9.17, 15) is 24.1 Å². The second-order valence-electron chi connectivity index (χ2n) is 5.92. The van der Waals surface area contributed by atoms with E-state index in [-0.39, 0.29) is 23.8 Å². The third-order valence-corrected chi connectivity index (χ3v) is 4.19. The van der Waals surface area contributed by atoms with Gasteiger partial charge < -0.3 is 4.90 Å². The lowest BCUT2D eigenvalue weighted by Crippen LogP contribution is -2.42. The number of rotatable bonds is 5. The van der Waals surface area contributed by atoms with Crippen LogP contribution in [0.5, 0.6) is 0 Å². The number of halogens is 1. The van der Waals surface area contributed by atoms with E-state index in [1.807, 2.05) is 0 Å². The Bertz CT molecular complexity index is 837. The molecule has 1 aliphatic heterocycles. The quantitative estimate of drug-likeness (QED) is 0.608. The van der Waals surface area contributed by atoms with Gasteiger partial charge in [0.25, 0.3) is 11.6 Å². The van der Waals surface area contributed by atoms with Crippen molar-refractivity contribution in [1.29, 1.82) is 0 Å². The molecule has 2 aromatic rings. The van der Waals surface area contributed by atoms with Crippen molar-refractivity contribution in [3.63, 3.8) is 0 Å². The number of nitrogens with zero attached hydrogens (tertiary/aromatic N) is 3. The molecule has 0 unspecified atom stereocenters. The van der Waals surface area contributed by atoms with Crippen LogP contribution in [0.25, 0.3) is 0 Å². The van der Waals surface area contributed by atoms with Crippen LogP contribution in [0.3, 0.4) is 0 Å². The monoisotopic (exact) mass is 357 g/mol. The molecule has 0 atom stereocenters. The molecule has 7 nitrogen and oxygen atoms in total. The highest BCUT2D eigenvalue weighted by molar-refractivity contribution is 6.06. The number of carbonyl (C=O) groups excluding carboxylic acids is 2. The van der Waals surface area contributed by atoms with Gasteiger partial charge in [-0.15, -0.1) is 0 Å². The van der Waals surface area contributed by atoms with E-state index < -0.39 is 16.6 Å². The molecule has 3 rings (SSSR count). The average Bonchev–Trinajstić information content (AvgIpc) is 3.05. The number of likely N-dealkylation sites (tertiary alicyclic amines) is 1. The summed E-state index contributed by atoms with van der Waals surface area (Å²) < 4.78 is 13.2. The summed E-state index contributed by atoms with van der Waals surface area (Å²) in [6, 6.07) is 10.6. The molecule has 1 fully saturated rings. The molecule has 8 heteroatoms. The molecule has 1 saturated heterocycles. The summed E-state index contributed by atoms with van der Waals surface area (Å²) in [7, 11) is 0. The van der Waals surface area contributed by atoms with E-state index in [2.05, 4.69) is 0 Å². The van der Waals surface area contributed by atoms with Gasteiger partial charge in [0.15, 0.2) is 0 Å². The molecule has 0 N–H and O–H groups in total. The Balaban J connectivity index is 1.90. The summed E-state index contributed by atoms with van der Waals surface area (Å²) in [5, 5.41) is 10.8. The Kier molecular flexibility index (Phi) is 4.92. The minimum absolute atomic E-state index is 0.0420. The van der Waals surface area contributed by atoms with Crippen molar-refractivity contribution in [3.05, 3.63) is 70.0 Å². The number of anilines is 1. The highest BCUT2D eigenvalue weighted by Crippen LogP contribution is 2.22. The van der Waals surface area contributed by atoms with E-state index in [1.54, 1.807) is 4.90 Å². The van der Waals surface area contributed by atoms with Crippen molar-refractivity contribution in [3.8, 4) is 0 Å². The smallest absolute Gasteiger partial charge is 0.269 e. The van der Waals surface area contributed by atoms with Crippen LogP contribution in [-0.2, 0) is 4.79 Å². The molecule has 2 amide bonds. The molecule has 134 valence electrons. The van der Waals surface area contributed by atoms with Crippen molar-refractivity contribution >= 4 is 23.2 Å². The lowest BCUT2D eigenvalue weighted by atomic mass is 10.1. The molecule has 0 saturated carbocycles. The summed E-state index contributed by atoms with van der Waals surface area (Å²) in [6.45, 7) is 0.588. The first-order valence-electron chi connectivity index (χ1n) is 8.05. The summed E-state index contributed by atoms with van der Waals surface area (Å²) >= 11 is 0. The summed E-state index contributed by atoms with van der Waals surface area (Å²) in [6.07, 6.45) is 1.16. The summed E-state index contributed by atoms with van der Waals surface area (Å²) in [5.41, 5.74) is 0.561. The zero-order valence-corrected chi connectivity index (χ0v) is 13.8. The molecule has 0 aromatic heterocycles. The summed E-state index contributed by atoms with van der Waals surface area (Å²) in [5.74, 6) is -0.909. The minimum atomic E-state index is -0.547. The standard InChI is InChI=1S/C18H16FN3O4/c19-14-5-9-15(10-6-14)21(12-20-11-1-2-17(20)23)18(24)13-3-7-16(8-4-13)22(25)26/h3-10H,1-2,11-12H2. The zero-order chi connectivity index (χ0) is 18.7. The van der Waals surface area contributed by atoms with E-state index in [4.69, 9.17) is 0 Å².